The summed E-state index contributed by atoms with van der Waals surface area (Å²) in [5, 5.41) is 3.89. The summed E-state index contributed by atoms with van der Waals surface area (Å²) in [6.07, 6.45) is 0. The van der Waals surface area contributed by atoms with Crippen molar-refractivity contribution in [2.24, 2.45) is 5.41 Å². The molecule has 0 saturated carbocycles. The largest absolute Gasteiger partial charge is 0.314 e. The van der Waals surface area contributed by atoms with E-state index in [4.69, 9.17) is 11.6 Å². The first kappa shape index (κ1) is 17.7. The second kappa shape index (κ2) is 7.08. The van der Waals surface area contributed by atoms with E-state index in [1.165, 1.54) is 12.1 Å². The lowest BCUT2D eigenvalue weighted by atomic mass is 9.81. The lowest BCUT2D eigenvalue weighted by Crippen LogP contribution is -2.48. The molecule has 0 unspecified atom stereocenters. The third kappa shape index (κ3) is 4.08. The Kier molecular flexibility index (Phi) is 6.26. The molecule has 1 aromatic carbocycles. The Morgan fingerprint density at radius 2 is 1.85 bits per heavy atom. The number of halogens is 3. The maximum atomic E-state index is 13.2. The highest BCUT2D eigenvalue weighted by atomic mass is 35.5. The van der Waals surface area contributed by atoms with Gasteiger partial charge in [0.25, 0.3) is 0 Å². The summed E-state index contributed by atoms with van der Waals surface area (Å²) in [5.41, 5.74) is 1.08. The molecule has 0 bridgehead atoms. The number of nitrogens with one attached hydrogen (secondary N) is 1. The zero-order valence-corrected chi connectivity index (χ0v) is 13.8. The van der Waals surface area contributed by atoms with Gasteiger partial charge < -0.3 is 5.32 Å². The van der Waals surface area contributed by atoms with Crippen molar-refractivity contribution in [1.29, 1.82) is 0 Å². The number of piperazine rings is 1. The second-order valence-corrected chi connectivity index (χ2v) is 6.63. The van der Waals surface area contributed by atoms with E-state index in [0.717, 1.165) is 31.7 Å². The van der Waals surface area contributed by atoms with Crippen LogP contribution in [0.4, 0.5) is 4.39 Å². The summed E-state index contributed by atoms with van der Waals surface area (Å²) in [4.78, 5) is 2.44. The van der Waals surface area contributed by atoms with Crippen LogP contribution < -0.4 is 5.32 Å². The summed E-state index contributed by atoms with van der Waals surface area (Å²) in [5.74, 6) is -0.276. The van der Waals surface area contributed by atoms with Crippen molar-refractivity contribution >= 4 is 24.0 Å². The van der Waals surface area contributed by atoms with Crippen molar-refractivity contribution in [3.05, 3.63) is 34.6 Å². The Bertz CT molecular complexity index is 440. The highest BCUT2D eigenvalue weighted by molar-refractivity contribution is 6.31. The highest BCUT2D eigenvalue weighted by Crippen LogP contribution is 2.41. The maximum Gasteiger partial charge on any atom is 0.124 e. The fraction of sp³-hybridized carbons (Fsp3) is 0.600. The van der Waals surface area contributed by atoms with Crippen LogP contribution in [0.1, 0.15) is 32.4 Å². The number of benzene rings is 1. The van der Waals surface area contributed by atoms with Gasteiger partial charge in [-0.05, 0) is 23.1 Å². The van der Waals surface area contributed by atoms with Crippen LogP contribution in [0.2, 0.25) is 5.02 Å². The van der Waals surface area contributed by atoms with Crippen LogP contribution in [0, 0.1) is 11.2 Å². The van der Waals surface area contributed by atoms with Gasteiger partial charge in [0.05, 0.1) is 0 Å². The molecule has 5 heteroatoms. The molecule has 0 aliphatic carbocycles. The Hall–Kier alpha value is -0.350. The highest BCUT2D eigenvalue weighted by Gasteiger charge is 2.33. The molecule has 0 aromatic heterocycles. The van der Waals surface area contributed by atoms with Crippen molar-refractivity contribution in [3.63, 3.8) is 0 Å². The van der Waals surface area contributed by atoms with Crippen LogP contribution in [0.15, 0.2) is 18.2 Å². The molecule has 1 heterocycles. The van der Waals surface area contributed by atoms with Gasteiger partial charge in [0.15, 0.2) is 0 Å². The summed E-state index contributed by atoms with van der Waals surface area (Å²) in [6.45, 7) is 10.6. The van der Waals surface area contributed by atoms with E-state index < -0.39 is 0 Å². The van der Waals surface area contributed by atoms with Crippen molar-refractivity contribution in [2.75, 3.05) is 26.2 Å². The molecule has 1 aliphatic rings. The maximum absolute atomic E-state index is 13.2. The fourth-order valence-electron chi connectivity index (χ4n) is 2.87. The normalized spacial score (nSPS) is 18.4. The molecular weight excluding hydrogens is 298 g/mol. The second-order valence-electron chi connectivity index (χ2n) is 6.22. The monoisotopic (exact) mass is 320 g/mol. The molecule has 0 radical (unpaired) electrons. The minimum atomic E-state index is -0.276. The molecule has 0 spiro atoms. The van der Waals surface area contributed by atoms with E-state index in [1.807, 2.05) is 6.07 Å². The summed E-state index contributed by atoms with van der Waals surface area (Å²) in [7, 11) is 0. The first-order valence-electron chi connectivity index (χ1n) is 6.79. The summed E-state index contributed by atoms with van der Waals surface area (Å²) in [6, 6.07) is 4.96. The van der Waals surface area contributed by atoms with Gasteiger partial charge in [-0.2, -0.15) is 0 Å². The van der Waals surface area contributed by atoms with Crippen LogP contribution in [-0.2, 0) is 0 Å². The SMILES string of the molecule is CC(C)(C)[C@@H](c1ccc(F)cc1Cl)N1CCNCC1.Cl. The number of nitrogens with zero attached hydrogens (tertiary/aromatic N) is 1. The van der Waals surface area contributed by atoms with Gasteiger partial charge in [-0.15, -0.1) is 12.4 Å². The van der Waals surface area contributed by atoms with Crippen LogP contribution in [0.5, 0.6) is 0 Å². The summed E-state index contributed by atoms with van der Waals surface area (Å²) >= 11 is 6.27. The Balaban J connectivity index is 0.00000200. The third-order valence-corrected chi connectivity index (χ3v) is 3.92. The number of hydrogen-bond acceptors (Lipinski definition) is 2. The predicted molar refractivity (Wildman–Crippen MR) is 85.3 cm³/mol. The topological polar surface area (TPSA) is 15.3 Å². The van der Waals surface area contributed by atoms with E-state index in [0.29, 0.717) is 5.02 Å². The van der Waals surface area contributed by atoms with Gasteiger partial charge in [-0.1, -0.05) is 38.4 Å². The van der Waals surface area contributed by atoms with E-state index in [1.54, 1.807) is 0 Å². The standard InChI is InChI=1S/C15H22ClFN2.ClH/c1-15(2,3)14(19-8-6-18-7-9-19)12-5-4-11(17)10-13(12)16;/h4-5,10,14,18H,6-9H2,1-3H3;1H/t14-;/m1./s1. The van der Waals surface area contributed by atoms with Crippen LogP contribution in [0.25, 0.3) is 0 Å². The molecule has 2 nitrogen and oxygen atoms in total. The molecule has 0 amide bonds. The molecule has 20 heavy (non-hydrogen) atoms. The van der Waals surface area contributed by atoms with Gasteiger partial charge in [0.2, 0.25) is 0 Å². The Morgan fingerprint density at radius 3 is 2.35 bits per heavy atom. The third-order valence-electron chi connectivity index (χ3n) is 3.59. The van der Waals surface area contributed by atoms with Crippen LogP contribution in [0.3, 0.4) is 0 Å². The molecule has 1 aromatic rings. The molecule has 1 saturated heterocycles. The Labute approximate surface area is 132 Å². The zero-order valence-electron chi connectivity index (χ0n) is 12.2. The lowest BCUT2D eigenvalue weighted by Gasteiger charge is -2.43. The van der Waals surface area contributed by atoms with Gasteiger partial charge in [0.1, 0.15) is 5.82 Å². The van der Waals surface area contributed by atoms with Crippen molar-refractivity contribution < 1.29 is 4.39 Å². The Morgan fingerprint density at radius 1 is 1.25 bits per heavy atom. The first-order valence-corrected chi connectivity index (χ1v) is 7.17. The molecular formula is C15H23Cl2FN2. The molecule has 1 N–H and O–H groups in total. The molecule has 1 fully saturated rings. The fourth-order valence-corrected chi connectivity index (χ4v) is 3.15. The van der Waals surface area contributed by atoms with Crippen molar-refractivity contribution in [2.45, 2.75) is 26.8 Å². The average molecular weight is 321 g/mol. The zero-order chi connectivity index (χ0) is 14.0. The summed E-state index contributed by atoms with van der Waals surface area (Å²) < 4.78 is 13.2. The number of rotatable bonds is 2. The van der Waals surface area contributed by atoms with E-state index in [2.05, 4.69) is 31.0 Å². The molecule has 1 aliphatic heterocycles. The molecule has 114 valence electrons. The lowest BCUT2D eigenvalue weighted by molar-refractivity contribution is 0.0862. The molecule has 2 rings (SSSR count). The first-order chi connectivity index (χ1) is 8.89. The van der Waals surface area contributed by atoms with Gasteiger partial charge >= 0.3 is 0 Å². The van der Waals surface area contributed by atoms with Crippen LogP contribution in [-0.4, -0.2) is 31.1 Å². The quantitative estimate of drug-likeness (QED) is 0.889. The minimum Gasteiger partial charge on any atom is -0.314 e. The van der Waals surface area contributed by atoms with Gasteiger partial charge in [-0.3, -0.25) is 4.90 Å². The van der Waals surface area contributed by atoms with E-state index in [-0.39, 0.29) is 29.7 Å². The molecule has 1 atom stereocenters. The van der Waals surface area contributed by atoms with Gasteiger partial charge in [0, 0.05) is 37.2 Å². The minimum absolute atomic E-state index is 0. The van der Waals surface area contributed by atoms with Crippen molar-refractivity contribution in [1.82, 2.24) is 10.2 Å². The number of hydrogen-bond donors (Lipinski definition) is 1. The van der Waals surface area contributed by atoms with E-state index in [9.17, 15) is 4.39 Å². The van der Waals surface area contributed by atoms with Crippen molar-refractivity contribution in [3.8, 4) is 0 Å². The predicted octanol–water partition coefficient (Wildman–Crippen LogP) is 3.89. The van der Waals surface area contributed by atoms with Crippen LogP contribution >= 0.6 is 24.0 Å². The van der Waals surface area contributed by atoms with E-state index >= 15 is 0 Å². The van der Waals surface area contributed by atoms with Gasteiger partial charge in [-0.25, -0.2) is 4.39 Å². The smallest absolute Gasteiger partial charge is 0.124 e. The average Bonchev–Trinajstić information content (AvgIpc) is 2.32.